The van der Waals surface area contributed by atoms with E-state index in [2.05, 4.69) is 10.2 Å². The van der Waals surface area contributed by atoms with Crippen LogP contribution in [0.25, 0.3) is 0 Å². The summed E-state index contributed by atoms with van der Waals surface area (Å²) in [4.78, 5) is 11.6. The highest BCUT2D eigenvalue weighted by atomic mass is 19.1. The van der Waals surface area contributed by atoms with Crippen LogP contribution in [0.15, 0.2) is 52.7 Å². The Morgan fingerprint density at radius 1 is 1.17 bits per heavy atom. The molecule has 0 amide bonds. The molecule has 0 atom stereocenters. The Labute approximate surface area is 131 Å². The predicted octanol–water partition coefficient (Wildman–Crippen LogP) is 3.58. The molecule has 0 unspecified atom stereocenters. The van der Waals surface area contributed by atoms with Crippen molar-refractivity contribution in [1.29, 1.82) is 0 Å². The third kappa shape index (κ3) is 4.30. The Morgan fingerprint density at radius 2 is 1.78 bits per heavy atom. The molecule has 0 saturated heterocycles. The van der Waals surface area contributed by atoms with E-state index >= 15 is 0 Å². The van der Waals surface area contributed by atoms with Gasteiger partial charge in [0.25, 0.3) is 0 Å². The SMILES string of the molecule is CN(CCO)c1ccc(N=Nc2ccc([N+](=O)[O-])c(F)c2)cc1. The first-order valence-corrected chi connectivity index (χ1v) is 6.79. The Balaban J connectivity index is 2.11. The normalized spacial score (nSPS) is 10.9. The monoisotopic (exact) mass is 318 g/mol. The standard InChI is InChI=1S/C15H15FN4O3/c1-19(8-9-21)13-5-2-11(3-6-13)17-18-12-4-7-15(20(22)23)14(16)10-12/h2-7,10,21H,8-9H2,1H3. The fourth-order valence-electron chi connectivity index (χ4n) is 1.87. The Kier molecular flexibility index (Phi) is 5.32. The molecular formula is C15H15FN4O3. The van der Waals surface area contributed by atoms with Gasteiger partial charge in [0.1, 0.15) is 0 Å². The molecule has 8 heteroatoms. The minimum atomic E-state index is -0.951. The maximum absolute atomic E-state index is 13.5. The van der Waals surface area contributed by atoms with Crippen LogP contribution in [0.2, 0.25) is 0 Å². The fourth-order valence-corrected chi connectivity index (χ4v) is 1.87. The van der Waals surface area contributed by atoms with Crippen molar-refractivity contribution in [2.24, 2.45) is 10.2 Å². The van der Waals surface area contributed by atoms with Crippen LogP contribution in [0.3, 0.4) is 0 Å². The molecule has 2 aromatic rings. The number of aliphatic hydroxyl groups excluding tert-OH is 1. The van der Waals surface area contributed by atoms with E-state index in [9.17, 15) is 14.5 Å². The molecule has 0 aliphatic rings. The maximum Gasteiger partial charge on any atom is 0.304 e. The van der Waals surface area contributed by atoms with Crippen molar-refractivity contribution in [3.8, 4) is 0 Å². The first-order chi connectivity index (χ1) is 11.0. The zero-order valence-electron chi connectivity index (χ0n) is 12.4. The van der Waals surface area contributed by atoms with Crippen LogP contribution in [0, 0.1) is 15.9 Å². The van der Waals surface area contributed by atoms with Gasteiger partial charge < -0.3 is 10.0 Å². The predicted molar refractivity (Wildman–Crippen MR) is 84.0 cm³/mol. The number of azo groups is 1. The van der Waals surface area contributed by atoms with Gasteiger partial charge in [0.05, 0.1) is 22.9 Å². The van der Waals surface area contributed by atoms with Crippen molar-refractivity contribution in [3.05, 3.63) is 58.4 Å². The zero-order valence-corrected chi connectivity index (χ0v) is 12.4. The second-order valence-corrected chi connectivity index (χ2v) is 4.75. The van der Waals surface area contributed by atoms with Crippen molar-refractivity contribution >= 4 is 22.7 Å². The summed E-state index contributed by atoms with van der Waals surface area (Å²) in [6, 6.07) is 10.4. The number of hydrogen-bond donors (Lipinski definition) is 1. The summed E-state index contributed by atoms with van der Waals surface area (Å²) in [6.07, 6.45) is 0. The van der Waals surface area contributed by atoms with Gasteiger partial charge in [0, 0.05) is 31.4 Å². The molecule has 0 bridgehead atoms. The summed E-state index contributed by atoms with van der Waals surface area (Å²) < 4.78 is 13.5. The lowest BCUT2D eigenvalue weighted by molar-refractivity contribution is -0.387. The molecule has 0 fully saturated rings. The van der Waals surface area contributed by atoms with Crippen LogP contribution in [-0.4, -0.2) is 30.2 Å². The molecule has 0 radical (unpaired) electrons. The van der Waals surface area contributed by atoms with Crippen LogP contribution < -0.4 is 4.90 Å². The van der Waals surface area contributed by atoms with Crippen LogP contribution in [-0.2, 0) is 0 Å². The third-order valence-electron chi connectivity index (χ3n) is 3.13. The second-order valence-electron chi connectivity index (χ2n) is 4.75. The first-order valence-electron chi connectivity index (χ1n) is 6.79. The van der Waals surface area contributed by atoms with E-state index in [0.29, 0.717) is 12.2 Å². The molecule has 7 nitrogen and oxygen atoms in total. The van der Waals surface area contributed by atoms with Gasteiger partial charge in [-0.1, -0.05) is 0 Å². The number of likely N-dealkylation sites (N-methyl/N-ethyl adjacent to an activating group) is 1. The number of anilines is 1. The van der Waals surface area contributed by atoms with Crippen LogP contribution in [0.5, 0.6) is 0 Å². The zero-order chi connectivity index (χ0) is 16.8. The van der Waals surface area contributed by atoms with Crippen molar-refractivity contribution < 1.29 is 14.4 Å². The molecule has 120 valence electrons. The van der Waals surface area contributed by atoms with Gasteiger partial charge in [-0.15, -0.1) is 0 Å². The van der Waals surface area contributed by atoms with Crippen molar-refractivity contribution in [2.75, 3.05) is 25.1 Å². The van der Waals surface area contributed by atoms with E-state index in [-0.39, 0.29) is 12.3 Å². The molecule has 0 aliphatic carbocycles. The summed E-state index contributed by atoms with van der Waals surface area (Å²) in [5.74, 6) is -0.951. The lowest BCUT2D eigenvalue weighted by Gasteiger charge is -2.17. The lowest BCUT2D eigenvalue weighted by Crippen LogP contribution is -2.20. The molecule has 23 heavy (non-hydrogen) atoms. The summed E-state index contributed by atoms with van der Waals surface area (Å²) >= 11 is 0. The highest BCUT2D eigenvalue weighted by Crippen LogP contribution is 2.25. The van der Waals surface area contributed by atoms with Crippen molar-refractivity contribution in [1.82, 2.24) is 0 Å². The number of nitro benzene ring substituents is 1. The minimum absolute atomic E-state index is 0.0592. The highest BCUT2D eigenvalue weighted by Gasteiger charge is 2.13. The molecule has 0 spiro atoms. The first kappa shape index (κ1) is 16.5. The van der Waals surface area contributed by atoms with Crippen LogP contribution >= 0.6 is 0 Å². The molecule has 0 heterocycles. The lowest BCUT2D eigenvalue weighted by atomic mass is 10.2. The second kappa shape index (κ2) is 7.41. The van der Waals surface area contributed by atoms with Crippen LogP contribution in [0.4, 0.5) is 27.1 Å². The number of benzene rings is 2. The average Bonchev–Trinajstić information content (AvgIpc) is 2.53. The Hall–Kier alpha value is -2.87. The number of hydrogen-bond acceptors (Lipinski definition) is 6. The largest absolute Gasteiger partial charge is 0.395 e. The highest BCUT2D eigenvalue weighted by molar-refractivity contribution is 5.52. The number of nitro groups is 1. The molecule has 2 aromatic carbocycles. The number of nitrogens with zero attached hydrogens (tertiary/aromatic N) is 4. The molecule has 0 saturated carbocycles. The van der Waals surface area contributed by atoms with Crippen molar-refractivity contribution in [3.63, 3.8) is 0 Å². The van der Waals surface area contributed by atoms with Crippen LogP contribution in [0.1, 0.15) is 0 Å². The van der Waals surface area contributed by atoms with E-state index in [1.54, 1.807) is 12.1 Å². The van der Waals surface area contributed by atoms with Gasteiger partial charge in [-0.05, 0) is 30.3 Å². The summed E-state index contributed by atoms with van der Waals surface area (Å²) in [7, 11) is 1.85. The van der Waals surface area contributed by atoms with Gasteiger partial charge in [-0.25, -0.2) is 0 Å². The quantitative estimate of drug-likeness (QED) is 0.500. The van der Waals surface area contributed by atoms with Gasteiger partial charge in [-0.3, -0.25) is 10.1 Å². The topological polar surface area (TPSA) is 91.3 Å². The average molecular weight is 318 g/mol. The van der Waals surface area contributed by atoms with Gasteiger partial charge in [0.2, 0.25) is 5.82 Å². The number of aliphatic hydroxyl groups is 1. The minimum Gasteiger partial charge on any atom is -0.395 e. The van der Waals surface area contributed by atoms with E-state index in [4.69, 9.17) is 5.11 Å². The van der Waals surface area contributed by atoms with Crippen molar-refractivity contribution in [2.45, 2.75) is 0 Å². The number of rotatable bonds is 6. The van der Waals surface area contributed by atoms with E-state index in [0.717, 1.165) is 17.8 Å². The molecular weight excluding hydrogens is 303 g/mol. The Bertz CT molecular complexity index is 719. The smallest absolute Gasteiger partial charge is 0.304 e. The Morgan fingerprint density at radius 3 is 2.35 bits per heavy atom. The number of halogens is 1. The summed E-state index contributed by atoms with van der Waals surface area (Å²) in [5, 5.41) is 27.2. The van der Waals surface area contributed by atoms with E-state index in [1.165, 1.54) is 6.07 Å². The molecule has 0 aromatic heterocycles. The molecule has 0 aliphatic heterocycles. The third-order valence-corrected chi connectivity index (χ3v) is 3.13. The summed E-state index contributed by atoms with van der Waals surface area (Å²) in [6.45, 7) is 0.576. The van der Waals surface area contributed by atoms with E-state index in [1.807, 2.05) is 24.1 Å². The summed E-state index contributed by atoms with van der Waals surface area (Å²) in [5.41, 5.74) is 1.07. The molecule has 1 N–H and O–H groups in total. The fraction of sp³-hybridized carbons (Fsp3) is 0.200. The van der Waals surface area contributed by atoms with Gasteiger partial charge in [0.15, 0.2) is 0 Å². The van der Waals surface area contributed by atoms with E-state index < -0.39 is 16.4 Å². The van der Waals surface area contributed by atoms with Gasteiger partial charge in [-0.2, -0.15) is 14.6 Å². The maximum atomic E-state index is 13.5. The van der Waals surface area contributed by atoms with Gasteiger partial charge >= 0.3 is 5.69 Å². The molecule has 2 rings (SSSR count).